The molecular formula is C18H26IN3O3. The van der Waals surface area contributed by atoms with Crippen LogP contribution in [-0.2, 0) is 6.42 Å². The number of methoxy groups -OCH3 is 1. The molecule has 0 aliphatic heterocycles. The minimum Gasteiger partial charge on any atom is -0.493 e. The minimum atomic E-state index is -0.0371. The zero-order valence-corrected chi connectivity index (χ0v) is 17.2. The first kappa shape index (κ1) is 21.1. The molecule has 0 aliphatic rings. The molecule has 6 nitrogen and oxygen atoms in total. The van der Waals surface area contributed by atoms with Crippen molar-refractivity contribution < 1.29 is 13.9 Å². The predicted molar refractivity (Wildman–Crippen MR) is 110 cm³/mol. The summed E-state index contributed by atoms with van der Waals surface area (Å²) in [7, 11) is 3.38. The summed E-state index contributed by atoms with van der Waals surface area (Å²) in [6.45, 7) is 3.36. The van der Waals surface area contributed by atoms with Crippen molar-refractivity contribution in [2.75, 3.05) is 27.2 Å². The van der Waals surface area contributed by atoms with E-state index < -0.39 is 0 Å². The smallest absolute Gasteiger partial charge is 0.191 e. The topological polar surface area (TPSA) is 68.0 Å². The number of hydrogen-bond donors (Lipinski definition) is 2. The van der Waals surface area contributed by atoms with Crippen molar-refractivity contribution >= 4 is 29.9 Å². The number of furan rings is 1. The summed E-state index contributed by atoms with van der Waals surface area (Å²) in [6.07, 6.45) is 2.45. The van der Waals surface area contributed by atoms with Crippen LogP contribution in [0, 0.1) is 0 Å². The van der Waals surface area contributed by atoms with Gasteiger partial charge >= 0.3 is 0 Å². The molecule has 0 saturated carbocycles. The van der Waals surface area contributed by atoms with Crippen LogP contribution in [0.15, 0.2) is 52.1 Å². The Bertz CT molecular complexity index is 632. The molecule has 0 spiro atoms. The van der Waals surface area contributed by atoms with Crippen LogP contribution in [0.2, 0.25) is 0 Å². The van der Waals surface area contributed by atoms with Gasteiger partial charge in [0.15, 0.2) is 17.5 Å². The Morgan fingerprint density at radius 2 is 1.92 bits per heavy atom. The van der Waals surface area contributed by atoms with E-state index in [-0.39, 0.29) is 30.1 Å². The fourth-order valence-electron chi connectivity index (χ4n) is 2.19. The zero-order valence-electron chi connectivity index (χ0n) is 14.8. The second-order valence-corrected chi connectivity index (χ2v) is 5.29. The summed E-state index contributed by atoms with van der Waals surface area (Å²) in [4.78, 5) is 4.20. The molecule has 0 bridgehead atoms. The number of rotatable bonds is 8. The van der Waals surface area contributed by atoms with E-state index in [1.165, 1.54) is 0 Å². The number of benzene rings is 1. The fraction of sp³-hybridized carbons (Fsp3) is 0.389. The highest BCUT2D eigenvalue weighted by Crippen LogP contribution is 2.26. The van der Waals surface area contributed by atoms with Crippen LogP contribution in [0.1, 0.15) is 12.7 Å². The van der Waals surface area contributed by atoms with Crippen molar-refractivity contribution in [3.63, 3.8) is 0 Å². The van der Waals surface area contributed by atoms with Gasteiger partial charge in [-0.3, -0.25) is 4.99 Å². The number of guanidine groups is 1. The van der Waals surface area contributed by atoms with Crippen molar-refractivity contribution in [2.45, 2.75) is 19.4 Å². The summed E-state index contributed by atoms with van der Waals surface area (Å²) in [5.74, 6) is 3.14. The van der Waals surface area contributed by atoms with Gasteiger partial charge in [0.1, 0.15) is 11.9 Å². The maximum Gasteiger partial charge on any atom is 0.191 e. The van der Waals surface area contributed by atoms with E-state index in [2.05, 4.69) is 15.6 Å². The molecular weight excluding hydrogens is 433 g/mol. The van der Waals surface area contributed by atoms with Gasteiger partial charge in [-0.1, -0.05) is 12.1 Å². The van der Waals surface area contributed by atoms with E-state index in [1.807, 2.05) is 43.3 Å². The number of para-hydroxylation sites is 2. The Kier molecular flexibility index (Phi) is 9.83. The average molecular weight is 459 g/mol. The first-order valence-corrected chi connectivity index (χ1v) is 7.99. The first-order valence-electron chi connectivity index (χ1n) is 7.99. The second kappa shape index (κ2) is 11.6. The van der Waals surface area contributed by atoms with Gasteiger partial charge in [0.25, 0.3) is 0 Å². The van der Waals surface area contributed by atoms with Gasteiger partial charge < -0.3 is 24.5 Å². The minimum absolute atomic E-state index is 0. The SMILES string of the molecule is CN=C(NCCc1ccco1)NCC(C)Oc1ccccc1OC.I. The summed E-state index contributed by atoms with van der Waals surface area (Å²) in [6, 6.07) is 11.5. The lowest BCUT2D eigenvalue weighted by Gasteiger charge is -2.19. The van der Waals surface area contributed by atoms with E-state index in [4.69, 9.17) is 13.9 Å². The van der Waals surface area contributed by atoms with Crippen LogP contribution in [0.5, 0.6) is 11.5 Å². The maximum atomic E-state index is 5.91. The van der Waals surface area contributed by atoms with Crippen molar-refractivity contribution in [3.8, 4) is 11.5 Å². The van der Waals surface area contributed by atoms with Crippen LogP contribution in [0.4, 0.5) is 0 Å². The van der Waals surface area contributed by atoms with Gasteiger partial charge in [-0.2, -0.15) is 0 Å². The second-order valence-electron chi connectivity index (χ2n) is 5.29. The molecule has 138 valence electrons. The Balaban J connectivity index is 0.00000312. The lowest BCUT2D eigenvalue weighted by Crippen LogP contribution is -2.42. The molecule has 1 heterocycles. The van der Waals surface area contributed by atoms with Gasteiger partial charge in [-0.25, -0.2) is 0 Å². The summed E-state index contributed by atoms with van der Waals surface area (Å²) < 4.78 is 16.5. The highest BCUT2D eigenvalue weighted by Gasteiger charge is 2.09. The third-order valence-electron chi connectivity index (χ3n) is 3.42. The van der Waals surface area contributed by atoms with E-state index in [0.717, 1.165) is 36.2 Å². The molecule has 0 aliphatic carbocycles. The molecule has 0 saturated heterocycles. The molecule has 2 N–H and O–H groups in total. The van der Waals surface area contributed by atoms with Crippen LogP contribution >= 0.6 is 24.0 Å². The lowest BCUT2D eigenvalue weighted by molar-refractivity contribution is 0.213. The van der Waals surface area contributed by atoms with E-state index in [0.29, 0.717) is 6.54 Å². The van der Waals surface area contributed by atoms with Crippen molar-refractivity contribution in [2.24, 2.45) is 4.99 Å². The third kappa shape index (κ3) is 7.25. The maximum absolute atomic E-state index is 5.91. The first-order chi connectivity index (χ1) is 11.7. The van der Waals surface area contributed by atoms with Crippen LogP contribution in [-0.4, -0.2) is 39.3 Å². The summed E-state index contributed by atoms with van der Waals surface area (Å²) >= 11 is 0. The van der Waals surface area contributed by atoms with Gasteiger partial charge in [-0.05, 0) is 31.2 Å². The monoisotopic (exact) mass is 459 g/mol. The molecule has 1 atom stereocenters. The van der Waals surface area contributed by atoms with Crippen LogP contribution < -0.4 is 20.1 Å². The van der Waals surface area contributed by atoms with Gasteiger partial charge in [0.2, 0.25) is 0 Å². The molecule has 1 aromatic carbocycles. The quantitative estimate of drug-likeness (QED) is 0.361. The average Bonchev–Trinajstić information content (AvgIpc) is 3.11. The van der Waals surface area contributed by atoms with E-state index in [9.17, 15) is 0 Å². The number of nitrogens with one attached hydrogen (secondary N) is 2. The standard InChI is InChI=1S/C18H25N3O3.HI/c1-14(24-17-9-5-4-8-16(17)22-3)13-21-18(19-2)20-11-10-15-7-6-12-23-15;/h4-9,12,14H,10-11,13H2,1-3H3,(H2,19,20,21);1H. The number of nitrogens with zero attached hydrogens (tertiary/aromatic N) is 1. The van der Waals surface area contributed by atoms with E-state index in [1.54, 1.807) is 20.4 Å². The zero-order chi connectivity index (χ0) is 17.2. The highest BCUT2D eigenvalue weighted by atomic mass is 127. The lowest BCUT2D eigenvalue weighted by atomic mass is 10.3. The summed E-state index contributed by atoms with van der Waals surface area (Å²) in [5, 5.41) is 6.50. The van der Waals surface area contributed by atoms with Crippen molar-refractivity contribution in [3.05, 3.63) is 48.4 Å². The molecule has 0 fully saturated rings. The highest BCUT2D eigenvalue weighted by molar-refractivity contribution is 14.0. The third-order valence-corrected chi connectivity index (χ3v) is 3.42. The van der Waals surface area contributed by atoms with Gasteiger partial charge in [0, 0.05) is 20.0 Å². The Labute approximate surface area is 166 Å². The number of halogens is 1. The molecule has 25 heavy (non-hydrogen) atoms. The molecule has 1 unspecified atom stereocenters. The van der Waals surface area contributed by atoms with Gasteiger partial charge in [0.05, 0.1) is 19.9 Å². The predicted octanol–water partition coefficient (Wildman–Crippen LogP) is 3.08. The van der Waals surface area contributed by atoms with Crippen molar-refractivity contribution in [1.29, 1.82) is 0 Å². The van der Waals surface area contributed by atoms with E-state index >= 15 is 0 Å². The molecule has 1 aromatic heterocycles. The molecule has 2 aromatic rings. The molecule has 0 amide bonds. The van der Waals surface area contributed by atoms with Crippen LogP contribution in [0.25, 0.3) is 0 Å². The largest absolute Gasteiger partial charge is 0.493 e. The molecule has 0 radical (unpaired) electrons. The summed E-state index contributed by atoms with van der Waals surface area (Å²) in [5.41, 5.74) is 0. The molecule has 2 rings (SSSR count). The Morgan fingerprint density at radius 3 is 2.56 bits per heavy atom. The molecule has 7 heteroatoms. The Hall–Kier alpha value is -1.90. The Morgan fingerprint density at radius 1 is 1.16 bits per heavy atom. The number of ether oxygens (including phenoxy) is 2. The number of hydrogen-bond acceptors (Lipinski definition) is 4. The van der Waals surface area contributed by atoms with Gasteiger partial charge in [-0.15, -0.1) is 24.0 Å². The van der Waals surface area contributed by atoms with Crippen LogP contribution in [0.3, 0.4) is 0 Å². The number of aliphatic imine (C=N–C) groups is 1. The fourth-order valence-corrected chi connectivity index (χ4v) is 2.19. The normalized spacial score (nSPS) is 12.0. The van der Waals surface area contributed by atoms with Crippen molar-refractivity contribution in [1.82, 2.24) is 10.6 Å².